The second kappa shape index (κ2) is 9.06. The number of carbonyl (C=O) groups excluding carboxylic acids is 1. The molecule has 2 aromatic carbocycles. The third-order valence-electron chi connectivity index (χ3n) is 3.74. The van der Waals surface area contributed by atoms with Crippen LogP contribution in [0, 0.1) is 6.92 Å². The van der Waals surface area contributed by atoms with Crippen molar-refractivity contribution in [3.05, 3.63) is 89.6 Å². The molecule has 26 heavy (non-hydrogen) atoms. The highest BCUT2D eigenvalue weighted by Gasteiger charge is 2.04. The molecule has 0 saturated heterocycles. The van der Waals surface area contributed by atoms with E-state index in [1.165, 1.54) is 5.56 Å². The molecule has 0 aliphatic carbocycles. The van der Waals surface area contributed by atoms with Crippen molar-refractivity contribution in [1.82, 2.24) is 10.3 Å². The van der Waals surface area contributed by atoms with Crippen molar-refractivity contribution in [2.45, 2.75) is 24.2 Å². The summed E-state index contributed by atoms with van der Waals surface area (Å²) in [7, 11) is 0. The maximum absolute atomic E-state index is 12.1. The summed E-state index contributed by atoms with van der Waals surface area (Å²) >= 11 is 1.67. The summed E-state index contributed by atoms with van der Waals surface area (Å²) < 4.78 is 0. The molecule has 2 N–H and O–H groups in total. The summed E-state index contributed by atoms with van der Waals surface area (Å²) in [5.74, 6) is 0.803. The fourth-order valence-corrected chi connectivity index (χ4v) is 3.31. The number of urea groups is 1. The minimum Gasteiger partial charge on any atom is -0.334 e. The molecule has 1 heterocycles. The van der Waals surface area contributed by atoms with Crippen LogP contribution < -0.4 is 10.6 Å². The van der Waals surface area contributed by atoms with Crippen LogP contribution in [-0.4, -0.2) is 11.0 Å². The van der Waals surface area contributed by atoms with Crippen molar-refractivity contribution in [3.63, 3.8) is 0 Å². The predicted molar refractivity (Wildman–Crippen MR) is 107 cm³/mol. The predicted octanol–water partition coefficient (Wildman–Crippen LogP) is 5.00. The summed E-state index contributed by atoms with van der Waals surface area (Å²) in [5, 5.41) is 6.76. The molecule has 0 fully saturated rings. The molecule has 0 atom stereocenters. The maximum Gasteiger partial charge on any atom is 0.319 e. The molecule has 0 unspecified atom stereocenters. The first-order chi connectivity index (χ1) is 12.7. The van der Waals surface area contributed by atoms with Gasteiger partial charge in [0.05, 0.1) is 5.03 Å². The number of amides is 2. The monoisotopic (exact) mass is 363 g/mol. The highest BCUT2D eigenvalue weighted by atomic mass is 32.2. The molecule has 132 valence electrons. The zero-order valence-corrected chi connectivity index (χ0v) is 15.4. The Morgan fingerprint density at radius 1 is 1.00 bits per heavy atom. The van der Waals surface area contributed by atoms with Gasteiger partial charge < -0.3 is 10.6 Å². The van der Waals surface area contributed by atoms with Crippen molar-refractivity contribution in [2.75, 3.05) is 5.32 Å². The number of thioether (sulfide) groups is 1. The Morgan fingerprint density at radius 3 is 2.65 bits per heavy atom. The topological polar surface area (TPSA) is 54.0 Å². The first-order valence-electron chi connectivity index (χ1n) is 8.42. The maximum atomic E-state index is 12.1. The molecule has 3 aromatic rings. The number of nitrogens with zero attached hydrogens (tertiary/aromatic N) is 1. The molecular weight excluding hydrogens is 342 g/mol. The quantitative estimate of drug-likeness (QED) is 0.606. The molecule has 5 heteroatoms. The van der Waals surface area contributed by atoms with Gasteiger partial charge in [-0.3, -0.25) is 0 Å². The lowest BCUT2D eigenvalue weighted by molar-refractivity contribution is 0.251. The molecule has 3 rings (SSSR count). The fourth-order valence-electron chi connectivity index (χ4n) is 2.51. The van der Waals surface area contributed by atoms with Gasteiger partial charge >= 0.3 is 6.03 Å². The van der Waals surface area contributed by atoms with Crippen LogP contribution in [0.25, 0.3) is 0 Å². The number of hydrogen-bond donors (Lipinski definition) is 2. The number of nitrogens with one attached hydrogen (secondary N) is 2. The average Bonchev–Trinajstić information content (AvgIpc) is 2.66. The number of rotatable bonds is 6. The molecule has 0 saturated carbocycles. The second-order valence-electron chi connectivity index (χ2n) is 5.95. The number of hydrogen-bond acceptors (Lipinski definition) is 3. The van der Waals surface area contributed by atoms with Crippen LogP contribution in [0.15, 0.2) is 78.0 Å². The van der Waals surface area contributed by atoms with Crippen LogP contribution in [0.3, 0.4) is 0 Å². The summed E-state index contributed by atoms with van der Waals surface area (Å²) in [5.41, 5.74) is 4.19. The molecule has 0 radical (unpaired) electrons. The van der Waals surface area contributed by atoms with Gasteiger partial charge in [-0.2, -0.15) is 0 Å². The fraction of sp³-hybridized carbons (Fsp3) is 0.143. The van der Waals surface area contributed by atoms with E-state index in [1.807, 2.05) is 67.6 Å². The Morgan fingerprint density at radius 2 is 1.85 bits per heavy atom. The molecule has 2 amide bonds. The van der Waals surface area contributed by atoms with E-state index in [0.29, 0.717) is 6.54 Å². The van der Waals surface area contributed by atoms with Gasteiger partial charge in [0.2, 0.25) is 0 Å². The van der Waals surface area contributed by atoms with Crippen molar-refractivity contribution in [3.8, 4) is 0 Å². The van der Waals surface area contributed by atoms with E-state index in [-0.39, 0.29) is 6.03 Å². The van der Waals surface area contributed by atoms with Gasteiger partial charge in [0.25, 0.3) is 0 Å². The van der Waals surface area contributed by atoms with Crippen LogP contribution in [0.1, 0.15) is 16.7 Å². The van der Waals surface area contributed by atoms with E-state index in [1.54, 1.807) is 18.0 Å². The van der Waals surface area contributed by atoms with Crippen LogP contribution in [0.2, 0.25) is 0 Å². The standard InChI is InChI=1S/C21H21N3OS/c1-16-6-4-7-17(12-16)14-23-21(25)24-19-9-5-8-18(13-19)15-26-20-10-2-3-11-22-20/h2-13H,14-15H2,1H3,(H2,23,24,25). The average molecular weight is 363 g/mol. The van der Waals surface area contributed by atoms with Gasteiger partial charge in [-0.25, -0.2) is 9.78 Å². The first kappa shape index (κ1) is 18.0. The lowest BCUT2D eigenvalue weighted by Gasteiger charge is -2.09. The summed E-state index contributed by atoms with van der Waals surface area (Å²) in [4.78, 5) is 16.4. The van der Waals surface area contributed by atoms with E-state index in [0.717, 1.165) is 27.6 Å². The number of benzene rings is 2. The molecule has 0 spiro atoms. The number of pyridine rings is 1. The number of aromatic nitrogens is 1. The van der Waals surface area contributed by atoms with Crippen LogP contribution in [-0.2, 0) is 12.3 Å². The van der Waals surface area contributed by atoms with Gasteiger partial charge in [0, 0.05) is 24.2 Å². The Hall–Kier alpha value is -2.79. The number of anilines is 1. The van der Waals surface area contributed by atoms with Crippen LogP contribution in [0.5, 0.6) is 0 Å². The van der Waals surface area contributed by atoms with E-state index in [4.69, 9.17) is 0 Å². The lowest BCUT2D eigenvalue weighted by Crippen LogP contribution is -2.28. The van der Waals surface area contributed by atoms with E-state index in [2.05, 4.69) is 21.7 Å². The molecule has 1 aromatic heterocycles. The molecule has 0 aliphatic heterocycles. The summed E-state index contributed by atoms with van der Waals surface area (Å²) in [6, 6.07) is 21.6. The minimum atomic E-state index is -0.207. The molecular formula is C21H21N3OS. The molecule has 0 bridgehead atoms. The van der Waals surface area contributed by atoms with E-state index in [9.17, 15) is 4.79 Å². The van der Waals surface area contributed by atoms with Gasteiger partial charge in [0.15, 0.2) is 0 Å². The van der Waals surface area contributed by atoms with Crippen LogP contribution in [0.4, 0.5) is 10.5 Å². The molecule has 4 nitrogen and oxygen atoms in total. The Kier molecular flexibility index (Phi) is 6.28. The van der Waals surface area contributed by atoms with Gasteiger partial charge in [-0.1, -0.05) is 48.0 Å². The largest absolute Gasteiger partial charge is 0.334 e. The highest BCUT2D eigenvalue weighted by Crippen LogP contribution is 2.22. The Bertz CT molecular complexity index is 868. The summed E-state index contributed by atoms with van der Waals surface area (Å²) in [6.45, 7) is 2.54. The third-order valence-corrected chi connectivity index (χ3v) is 4.76. The third kappa shape index (κ3) is 5.63. The second-order valence-corrected chi connectivity index (χ2v) is 6.95. The van der Waals surface area contributed by atoms with Gasteiger partial charge in [-0.05, 0) is 42.3 Å². The normalized spacial score (nSPS) is 10.3. The number of aryl methyl sites for hydroxylation is 1. The smallest absolute Gasteiger partial charge is 0.319 e. The number of carbonyl (C=O) groups is 1. The van der Waals surface area contributed by atoms with E-state index < -0.39 is 0 Å². The van der Waals surface area contributed by atoms with Crippen molar-refractivity contribution >= 4 is 23.5 Å². The van der Waals surface area contributed by atoms with Gasteiger partial charge in [-0.15, -0.1) is 11.8 Å². The summed E-state index contributed by atoms with van der Waals surface area (Å²) in [6.07, 6.45) is 1.79. The van der Waals surface area contributed by atoms with Gasteiger partial charge in [0.1, 0.15) is 0 Å². The minimum absolute atomic E-state index is 0.207. The Balaban J connectivity index is 1.52. The zero-order valence-electron chi connectivity index (χ0n) is 14.6. The lowest BCUT2D eigenvalue weighted by atomic mass is 10.1. The first-order valence-corrected chi connectivity index (χ1v) is 9.41. The Labute approximate surface area is 158 Å². The highest BCUT2D eigenvalue weighted by molar-refractivity contribution is 7.98. The molecule has 0 aliphatic rings. The van der Waals surface area contributed by atoms with Crippen molar-refractivity contribution in [2.24, 2.45) is 0 Å². The van der Waals surface area contributed by atoms with Crippen LogP contribution >= 0.6 is 11.8 Å². The SMILES string of the molecule is Cc1cccc(CNC(=O)Nc2cccc(CSc3ccccn3)c2)c1. The van der Waals surface area contributed by atoms with Crippen molar-refractivity contribution in [1.29, 1.82) is 0 Å². The zero-order chi connectivity index (χ0) is 18.2. The van der Waals surface area contributed by atoms with E-state index >= 15 is 0 Å². The van der Waals surface area contributed by atoms with Crippen molar-refractivity contribution < 1.29 is 4.79 Å².